The fraction of sp³-hybridized carbons (Fsp3) is 0.364. The Morgan fingerprint density at radius 1 is 1.11 bits per heavy atom. The van der Waals surface area contributed by atoms with Gasteiger partial charge < -0.3 is 20.1 Å². The summed E-state index contributed by atoms with van der Waals surface area (Å²) < 4.78 is 10.9. The van der Waals surface area contributed by atoms with Gasteiger partial charge in [-0.15, -0.1) is 6.42 Å². The Labute approximate surface area is 165 Å². The van der Waals surface area contributed by atoms with Gasteiger partial charge >= 0.3 is 6.03 Å². The Hall–Kier alpha value is -3.20. The van der Waals surface area contributed by atoms with Crippen molar-refractivity contribution in [2.24, 2.45) is 5.92 Å². The summed E-state index contributed by atoms with van der Waals surface area (Å²) >= 11 is 0. The van der Waals surface area contributed by atoms with Gasteiger partial charge in [0.05, 0.1) is 6.61 Å². The van der Waals surface area contributed by atoms with Crippen LogP contribution in [0.4, 0.5) is 4.79 Å². The third kappa shape index (κ3) is 6.84. The van der Waals surface area contributed by atoms with Crippen molar-refractivity contribution in [1.82, 2.24) is 15.6 Å². The van der Waals surface area contributed by atoms with Crippen LogP contribution in [0.15, 0.2) is 42.6 Å². The summed E-state index contributed by atoms with van der Waals surface area (Å²) in [5.74, 6) is 4.51. The van der Waals surface area contributed by atoms with Crippen LogP contribution in [0.3, 0.4) is 0 Å². The normalized spacial score (nSPS) is 12.7. The summed E-state index contributed by atoms with van der Waals surface area (Å²) in [6.07, 6.45) is 10.1. The highest BCUT2D eigenvalue weighted by atomic mass is 16.5. The first-order chi connectivity index (χ1) is 13.7. The maximum Gasteiger partial charge on any atom is 0.315 e. The summed E-state index contributed by atoms with van der Waals surface area (Å²) in [4.78, 5) is 16.2. The van der Waals surface area contributed by atoms with Gasteiger partial charge in [-0.3, -0.25) is 0 Å². The van der Waals surface area contributed by atoms with Crippen molar-refractivity contribution >= 4 is 6.03 Å². The summed E-state index contributed by atoms with van der Waals surface area (Å²) in [7, 11) is 0. The van der Waals surface area contributed by atoms with Gasteiger partial charge in [0.2, 0.25) is 5.88 Å². The number of nitrogens with zero attached hydrogens (tertiary/aromatic N) is 1. The molecular weight excluding hydrogens is 354 g/mol. The zero-order valence-electron chi connectivity index (χ0n) is 15.8. The molecule has 2 aromatic rings. The summed E-state index contributed by atoms with van der Waals surface area (Å²) in [6, 6.07) is 11.2. The van der Waals surface area contributed by atoms with Crippen LogP contribution in [0.2, 0.25) is 0 Å². The van der Waals surface area contributed by atoms with E-state index >= 15 is 0 Å². The van der Waals surface area contributed by atoms with Crippen molar-refractivity contribution in [3.63, 3.8) is 0 Å². The van der Waals surface area contributed by atoms with Crippen molar-refractivity contribution in [3.05, 3.63) is 53.7 Å². The number of hydrogen-bond donors (Lipinski definition) is 2. The number of rotatable bonds is 10. The molecule has 0 saturated heterocycles. The van der Waals surface area contributed by atoms with Crippen LogP contribution in [0.5, 0.6) is 11.6 Å². The highest BCUT2D eigenvalue weighted by Gasteiger charge is 2.22. The highest BCUT2D eigenvalue weighted by Crippen LogP contribution is 2.29. The molecule has 1 aromatic carbocycles. The first-order valence-electron chi connectivity index (χ1n) is 9.47. The van der Waals surface area contributed by atoms with Gasteiger partial charge in [0.25, 0.3) is 0 Å². The molecule has 1 aliphatic rings. The Kier molecular flexibility index (Phi) is 7.14. The average Bonchev–Trinajstić information content (AvgIpc) is 3.55. The lowest BCUT2D eigenvalue weighted by molar-refractivity contribution is 0.240. The van der Waals surface area contributed by atoms with Gasteiger partial charge in [-0.05, 0) is 48.4 Å². The Balaban J connectivity index is 1.31. The fourth-order valence-electron chi connectivity index (χ4n) is 2.53. The van der Waals surface area contributed by atoms with E-state index in [4.69, 9.17) is 15.9 Å². The van der Waals surface area contributed by atoms with Gasteiger partial charge in [0.15, 0.2) is 0 Å². The molecule has 3 rings (SSSR count). The summed E-state index contributed by atoms with van der Waals surface area (Å²) in [6.45, 7) is 1.96. The second-order valence-corrected chi connectivity index (χ2v) is 6.76. The van der Waals surface area contributed by atoms with Crippen LogP contribution in [0.25, 0.3) is 0 Å². The SMILES string of the molecule is C#CCOc1ccc(CCNC(=O)NCc2ccc(OCC3CC3)nc2)cc1. The predicted molar refractivity (Wildman–Crippen MR) is 107 cm³/mol. The third-order valence-corrected chi connectivity index (χ3v) is 4.36. The number of aromatic nitrogens is 1. The van der Waals surface area contributed by atoms with Gasteiger partial charge in [0.1, 0.15) is 12.4 Å². The zero-order valence-corrected chi connectivity index (χ0v) is 15.8. The molecule has 1 heterocycles. The van der Waals surface area contributed by atoms with Crippen LogP contribution in [-0.2, 0) is 13.0 Å². The quantitative estimate of drug-likeness (QED) is 0.623. The number of nitrogens with one attached hydrogen (secondary N) is 2. The van der Waals surface area contributed by atoms with E-state index in [0.29, 0.717) is 24.9 Å². The molecule has 2 N–H and O–H groups in total. The second-order valence-electron chi connectivity index (χ2n) is 6.76. The van der Waals surface area contributed by atoms with E-state index < -0.39 is 0 Å². The molecule has 1 aromatic heterocycles. The summed E-state index contributed by atoms with van der Waals surface area (Å²) in [5, 5.41) is 5.68. The average molecular weight is 379 g/mol. The maximum atomic E-state index is 11.9. The Bertz CT molecular complexity index is 793. The highest BCUT2D eigenvalue weighted by molar-refractivity contribution is 5.73. The maximum absolute atomic E-state index is 11.9. The van der Waals surface area contributed by atoms with Crippen LogP contribution in [-0.4, -0.2) is 30.8 Å². The van der Waals surface area contributed by atoms with Crippen molar-refractivity contribution in [3.8, 4) is 24.0 Å². The lowest BCUT2D eigenvalue weighted by Crippen LogP contribution is -2.36. The number of terminal acetylenes is 1. The largest absolute Gasteiger partial charge is 0.481 e. The van der Waals surface area contributed by atoms with E-state index in [-0.39, 0.29) is 12.6 Å². The molecule has 6 heteroatoms. The first-order valence-corrected chi connectivity index (χ1v) is 9.47. The fourth-order valence-corrected chi connectivity index (χ4v) is 2.53. The number of pyridine rings is 1. The van der Waals surface area contributed by atoms with Crippen LogP contribution >= 0.6 is 0 Å². The zero-order chi connectivity index (χ0) is 19.6. The number of carbonyl (C=O) groups is 1. The number of amides is 2. The van der Waals surface area contributed by atoms with E-state index in [9.17, 15) is 4.79 Å². The Morgan fingerprint density at radius 3 is 2.57 bits per heavy atom. The van der Waals surface area contributed by atoms with E-state index in [1.807, 2.05) is 36.4 Å². The van der Waals surface area contributed by atoms with Gasteiger partial charge in [-0.2, -0.15) is 0 Å². The predicted octanol–water partition coefficient (Wildman–Crippen LogP) is 2.92. The van der Waals surface area contributed by atoms with Crippen molar-refractivity contribution in [2.45, 2.75) is 25.8 Å². The monoisotopic (exact) mass is 379 g/mol. The van der Waals surface area contributed by atoms with Crippen LogP contribution in [0.1, 0.15) is 24.0 Å². The minimum atomic E-state index is -0.206. The lowest BCUT2D eigenvalue weighted by Gasteiger charge is -2.09. The molecule has 1 aliphatic carbocycles. The molecule has 2 amide bonds. The van der Waals surface area contributed by atoms with E-state index in [1.165, 1.54) is 12.8 Å². The molecule has 1 fully saturated rings. The van der Waals surface area contributed by atoms with Crippen LogP contribution in [0, 0.1) is 18.3 Å². The lowest BCUT2D eigenvalue weighted by atomic mass is 10.1. The van der Waals surface area contributed by atoms with E-state index in [1.54, 1.807) is 6.20 Å². The number of carbonyl (C=O) groups excluding carboxylic acids is 1. The van der Waals surface area contributed by atoms with E-state index in [0.717, 1.165) is 29.9 Å². The van der Waals surface area contributed by atoms with Crippen molar-refractivity contribution in [1.29, 1.82) is 0 Å². The number of benzene rings is 1. The molecule has 0 aliphatic heterocycles. The molecule has 0 bridgehead atoms. The first kappa shape index (κ1) is 19.6. The summed E-state index contributed by atoms with van der Waals surface area (Å²) in [5.41, 5.74) is 2.04. The molecule has 0 atom stereocenters. The van der Waals surface area contributed by atoms with Gasteiger partial charge in [0, 0.05) is 25.4 Å². The minimum Gasteiger partial charge on any atom is -0.481 e. The molecule has 0 radical (unpaired) electrons. The van der Waals surface area contributed by atoms with Gasteiger partial charge in [-0.25, -0.2) is 9.78 Å². The molecule has 1 saturated carbocycles. The minimum absolute atomic E-state index is 0.206. The van der Waals surface area contributed by atoms with Crippen LogP contribution < -0.4 is 20.1 Å². The van der Waals surface area contributed by atoms with E-state index in [2.05, 4.69) is 21.5 Å². The topological polar surface area (TPSA) is 72.5 Å². The van der Waals surface area contributed by atoms with Crippen molar-refractivity contribution < 1.29 is 14.3 Å². The molecule has 28 heavy (non-hydrogen) atoms. The smallest absolute Gasteiger partial charge is 0.315 e. The second kappa shape index (κ2) is 10.2. The Morgan fingerprint density at radius 2 is 1.89 bits per heavy atom. The molecule has 0 unspecified atom stereocenters. The molecule has 146 valence electrons. The number of hydrogen-bond acceptors (Lipinski definition) is 4. The molecule has 0 spiro atoms. The van der Waals surface area contributed by atoms with Gasteiger partial charge in [-0.1, -0.05) is 24.1 Å². The molecular formula is C22H25N3O3. The number of ether oxygens (including phenoxy) is 2. The van der Waals surface area contributed by atoms with Crippen molar-refractivity contribution in [2.75, 3.05) is 19.8 Å². The third-order valence-electron chi connectivity index (χ3n) is 4.36. The molecule has 6 nitrogen and oxygen atoms in total. The standard InChI is InChI=1S/C22H25N3O3/c1-2-13-27-20-8-5-17(6-9-20)11-12-23-22(26)25-15-19-7-10-21(24-14-19)28-16-18-3-4-18/h1,5-10,14,18H,3-4,11-13,15-16H2,(H2,23,25,26). The number of urea groups is 1.